The molecule has 53 heavy (non-hydrogen) atoms. The van der Waals surface area contributed by atoms with Gasteiger partial charge in [0.1, 0.15) is 19.3 Å². The minimum atomic E-state index is -1.01. The lowest BCUT2D eigenvalue weighted by molar-refractivity contribution is -0.152. The topological polar surface area (TPSA) is 93.1 Å². The Kier molecular flexibility index (Phi) is 38.4. The Balaban J connectivity index is 3.60. The molecule has 0 aromatic carbocycles. The predicted octanol–water partition coefficient (Wildman–Crippen LogP) is 12.6. The van der Waals surface area contributed by atoms with Gasteiger partial charge in [-0.25, -0.2) is 0 Å². The van der Waals surface area contributed by atoms with Crippen LogP contribution in [0.1, 0.15) is 181 Å². The van der Waals surface area contributed by atoms with Crippen LogP contribution in [0.15, 0.2) is 72.9 Å². The second-order valence-corrected chi connectivity index (χ2v) is 14.8. The van der Waals surface area contributed by atoms with Crippen molar-refractivity contribution in [1.82, 2.24) is 0 Å². The highest BCUT2D eigenvalue weighted by atomic mass is 16.6. The van der Waals surface area contributed by atoms with Gasteiger partial charge in [0.2, 0.25) is 0 Å². The summed E-state index contributed by atoms with van der Waals surface area (Å²) >= 11 is 0. The van der Waals surface area contributed by atoms with Crippen molar-refractivity contribution in [2.75, 3.05) is 13.2 Å². The fourth-order valence-corrected chi connectivity index (χ4v) is 5.73. The Morgan fingerprint density at radius 2 is 0.981 bits per heavy atom. The van der Waals surface area contributed by atoms with Crippen LogP contribution in [0.4, 0.5) is 0 Å². The summed E-state index contributed by atoms with van der Waals surface area (Å²) in [6, 6.07) is 0. The Labute approximate surface area is 326 Å². The van der Waals surface area contributed by atoms with Crippen LogP contribution in [0.25, 0.3) is 0 Å². The Morgan fingerprint density at radius 3 is 1.53 bits per heavy atom. The lowest BCUT2D eigenvalue weighted by atomic mass is 10.0. The summed E-state index contributed by atoms with van der Waals surface area (Å²) in [5, 5.41) is 20.0. The molecule has 0 aromatic rings. The zero-order chi connectivity index (χ0) is 38.9. The molecule has 0 aromatic heterocycles. The molecule has 6 heteroatoms. The lowest BCUT2D eigenvalue weighted by Gasteiger charge is -2.12. The van der Waals surface area contributed by atoms with E-state index in [2.05, 4.69) is 51.2 Å². The summed E-state index contributed by atoms with van der Waals surface area (Å²) in [4.78, 5) is 24.0. The standard InChI is InChI=1S/C47H80O6/c1-4-5-6-7-27-32-37-44(48)38-33-28-23-19-16-17-21-25-30-35-40-47(51)53-42-45(49)41-52-46(50)39-34-29-24-20-15-13-11-9-8-10-12-14-18-22-26-31-36-43(2)3/h5-6,16-17,23,25,27-28,30,32-33,38,43-45,48-49H,4,7-15,18-22,24,26,29,31,34-37,39-42H2,1-3H3/b6-5-,17-16-,28-23-,30-25-,32-27-,38-33+/t44?,45-/m1/s1. The van der Waals surface area contributed by atoms with Crippen LogP contribution in [-0.4, -0.2) is 47.6 Å². The third-order valence-electron chi connectivity index (χ3n) is 8.98. The third-order valence-corrected chi connectivity index (χ3v) is 8.98. The minimum Gasteiger partial charge on any atom is -0.463 e. The van der Waals surface area contributed by atoms with Crippen LogP contribution >= 0.6 is 0 Å². The molecule has 0 amide bonds. The number of aliphatic hydroxyl groups is 2. The van der Waals surface area contributed by atoms with Crippen LogP contribution in [0.5, 0.6) is 0 Å². The molecule has 0 aliphatic rings. The molecule has 0 saturated carbocycles. The van der Waals surface area contributed by atoms with Gasteiger partial charge in [-0.15, -0.1) is 0 Å². The van der Waals surface area contributed by atoms with Crippen molar-refractivity contribution in [3.05, 3.63) is 72.9 Å². The summed E-state index contributed by atoms with van der Waals surface area (Å²) < 4.78 is 10.3. The van der Waals surface area contributed by atoms with Crippen molar-refractivity contribution in [3.8, 4) is 0 Å². The van der Waals surface area contributed by atoms with E-state index < -0.39 is 12.2 Å². The molecule has 0 heterocycles. The van der Waals surface area contributed by atoms with E-state index in [4.69, 9.17) is 9.47 Å². The van der Waals surface area contributed by atoms with Crippen LogP contribution in [0.2, 0.25) is 0 Å². The minimum absolute atomic E-state index is 0.154. The summed E-state index contributed by atoms with van der Waals surface area (Å²) in [5.41, 5.74) is 0. The normalized spacial score (nSPS) is 13.6. The molecule has 0 bridgehead atoms. The van der Waals surface area contributed by atoms with Gasteiger partial charge in [-0.05, 0) is 50.9 Å². The first kappa shape index (κ1) is 50.3. The number of ether oxygens (including phenoxy) is 2. The second-order valence-electron chi connectivity index (χ2n) is 14.8. The van der Waals surface area contributed by atoms with E-state index in [1.165, 1.54) is 89.9 Å². The lowest BCUT2D eigenvalue weighted by Crippen LogP contribution is -2.25. The summed E-state index contributed by atoms with van der Waals surface area (Å²) in [6.07, 6.45) is 50.0. The van der Waals surface area contributed by atoms with Crippen LogP contribution in [0.3, 0.4) is 0 Å². The van der Waals surface area contributed by atoms with Gasteiger partial charge in [-0.1, -0.05) is 196 Å². The second kappa shape index (κ2) is 40.5. The fourth-order valence-electron chi connectivity index (χ4n) is 5.73. The Morgan fingerprint density at radius 1 is 0.528 bits per heavy atom. The SMILES string of the molecule is CC/C=C\C/C=C\CC(O)/C=C/C=C\C/C=C\C/C=C\CCC(=O)OC[C@H](O)COC(=O)CCCCCCCCCCCCCCCCCCC(C)C. The summed E-state index contributed by atoms with van der Waals surface area (Å²) in [5.74, 6) is 0.163. The highest BCUT2D eigenvalue weighted by Gasteiger charge is 2.11. The highest BCUT2D eigenvalue weighted by molar-refractivity contribution is 5.70. The molecule has 0 aliphatic heterocycles. The number of rotatable bonds is 37. The number of hydrogen-bond donors (Lipinski definition) is 2. The Hall–Kier alpha value is -2.70. The highest BCUT2D eigenvalue weighted by Crippen LogP contribution is 2.15. The number of aliphatic hydroxyl groups excluding tert-OH is 2. The maximum absolute atomic E-state index is 12.0. The molecular formula is C47H80O6. The van der Waals surface area contributed by atoms with Crippen molar-refractivity contribution in [3.63, 3.8) is 0 Å². The summed E-state index contributed by atoms with van der Waals surface area (Å²) in [7, 11) is 0. The van der Waals surface area contributed by atoms with Gasteiger partial charge in [-0.2, -0.15) is 0 Å². The van der Waals surface area contributed by atoms with E-state index in [1.54, 1.807) is 6.08 Å². The molecule has 1 unspecified atom stereocenters. The van der Waals surface area contributed by atoms with Gasteiger partial charge in [0.05, 0.1) is 6.10 Å². The first-order chi connectivity index (χ1) is 25.8. The number of unbranched alkanes of at least 4 members (excludes halogenated alkanes) is 15. The predicted molar refractivity (Wildman–Crippen MR) is 225 cm³/mol. The van der Waals surface area contributed by atoms with Crippen molar-refractivity contribution >= 4 is 11.9 Å². The molecule has 2 N–H and O–H groups in total. The summed E-state index contributed by atoms with van der Waals surface area (Å²) in [6.45, 7) is 6.42. The van der Waals surface area contributed by atoms with Crippen LogP contribution in [-0.2, 0) is 19.1 Å². The number of carbonyl (C=O) groups excluding carboxylic acids is 2. The third kappa shape index (κ3) is 41.9. The molecule has 304 valence electrons. The molecular weight excluding hydrogens is 661 g/mol. The number of carbonyl (C=O) groups is 2. The maximum Gasteiger partial charge on any atom is 0.306 e. The monoisotopic (exact) mass is 741 g/mol. The molecule has 0 saturated heterocycles. The average molecular weight is 741 g/mol. The van der Waals surface area contributed by atoms with Crippen molar-refractivity contribution in [2.24, 2.45) is 5.92 Å². The molecule has 0 radical (unpaired) electrons. The van der Waals surface area contributed by atoms with E-state index in [-0.39, 0.29) is 31.6 Å². The van der Waals surface area contributed by atoms with E-state index in [9.17, 15) is 19.8 Å². The number of esters is 2. The molecule has 0 fully saturated rings. The van der Waals surface area contributed by atoms with Gasteiger partial charge in [-0.3, -0.25) is 9.59 Å². The van der Waals surface area contributed by atoms with Crippen molar-refractivity contribution in [1.29, 1.82) is 0 Å². The van der Waals surface area contributed by atoms with Crippen LogP contribution < -0.4 is 0 Å². The molecule has 2 atom stereocenters. The fraction of sp³-hybridized carbons (Fsp3) is 0.702. The average Bonchev–Trinajstić information content (AvgIpc) is 3.14. The smallest absolute Gasteiger partial charge is 0.306 e. The van der Waals surface area contributed by atoms with E-state index in [0.717, 1.165) is 50.9 Å². The number of hydrogen-bond acceptors (Lipinski definition) is 6. The van der Waals surface area contributed by atoms with Gasteiger partial charge in [0.25, 0.3) is 0 Å². The molecule has 6 nitrogen and oxygen atoms in total. The molecule has 0 rings (SSSR count). The van der Waals surface area contributed by atoms with E-state index in [0.29, 0.717) is 19.3 Å². The van der Waals surface area contributed by atoms with Gasteiger partial charge >= 0.3 is 11.9 Å². The van der Waals surface area contributed by atoms with Gasteiger partial charge < -0.3 is 19.7 Å². The first-order valence-corrected chi connectivity index (χ1v) is 21.5. The van der Waals surface area contributed by atoms with Gasteiger partial charge in [0, 0.05) is 12.8 Å². The van der Waals surface area contributed by atoms with Crippen LogP contribution in [0, 0.1) is 5.92 Å². The van der Waals surface area contributed by atoms with E-state index in [1.807, 2.05) is 36.5 Å². The zero-order valence-electron chi connectivity index (χ0n) is 34.3. The van der Waals surface area contributed by atoms with Crippen molar-refractivity contribution < 1.29 is 29.3 Å². The molecule has 0 aliphatic carbocycles. The zero-order valence-corrected chi connectivity index (χ0v) is 34.3. The molecule has 0 spiro atoms. The first-order valence-electron chi connectivity index (χ1n) is 21.5. The Bertz CT molecular complexity index is 1000. The quantitative estimate of drug-likeness (QED) is 0.0285. The largest absolute Gasteiger partial charge is 0.463 e. The van der Waals surface area contributed by atoms with Crippen molar-refractivity contribution in [2.45, 2.75) is 193 Å². The van der Waals surface area contributed by atoms with E-state index >= 15 is 0 Å². The number of allylic oxidation sites excluding steroid dienone is 10. The van der Waals surface area contributed by atoms with Gasteiger partial charge in [0.15, 0.2) is 0 Å². The maximum atomic E-state index is 12.0.